The number of aromatic nitrogens is 2. The summed E-state index contributed by atoms with van der Waals surface area (Å²) < 4.78 is 5.65. The SMILES string of the molecule is CCNC(=NCCCN1CCN(c2ncccn2)CC1)NCCOCCC(C)C. The number of aliphatic imine (C=N–C) groups is 1. The van der Waals surface area contributed by atoms with Crippen molar-refractivity contribution in [3.63, 3.8) is 0 Å². The highest BCUT2D eigenvalue weighted by Crippen LogP contribution is 2.09. The fraction of sp³-hybridized carbons (Fsp3) is 0.762. The third kappa shape index (κ3) is 9.89. The monoisotopic (exact) mass is 405 g/mol. The van der Waals surface area contributed by atoms with Gasteiger partial charge in [-0.2, -0.15) is 0 Å². The van der Waals surface area contributed by atoms with E-state index in [1.807, 2.05) is 6.07 Å². The van der Waals surface area contributed by atoms with E-state index >= 15 is 0 Å². The Morgan fingerprint density at radius 1 is 1.14 bits per heavy atom. The van der Waals surface area contributed by atoms with E-state index in [2.05, 4.69) is 56.2 Å². The van der Waals surface area contributed by atoms with Gasteiger partial charge in [0, 0.05) is 71.4 Å². The largest absolute Gasteiger partial charge is 0.380 e. The van der Waals surface area contributed by atoms with Crippen LogP contribution in [-0.4, -0.2) is 86.4 Å². The van der Waals surface area contributed by atoms with Crippen molar-refractivity contribution < 1.29 is 4.74 Å². The molecular weight excluding hydrogens is 366 g/mol. The summed E-state index contributed by atoms with van der Waals surface area (Å²) in [6.07, 6.45) is 5.78. The lowest BCUT2D eigenvalue weighted by Crippen LogP contribution is -2.47. The zero-order valence-corrected chi connectivity index (χ0v) is 18.4. The summed E-state index contributed by atoms with van der Waals surface area (Å²) in [6.45, 7) is 15.7. The van der Waals surface area contributed by atoms with Gasteiger partial charge in [-0.25, -0.2) is 9.97 Å². The highest BCUT2D eigenvalue weighted by atomic mass is 16.5. The summed E-state index contributed by atoms with van der Waals surface area (Å²) in [5.41, 5.74) is 0. The van der Waals surface area contributed by atoms with Gasteiger partial charge in [-0.05, 0) is 31.7 Å². The van der Waals surface area contributed by atoms with Crippen LogP contribution in [0.3, 0.4) is 0 Å². The number of anilines is 1. The molecular formula is C21H39N7O. The minimum atomic E-state index is 0.691. The van der Waals surface area contributed by atoms with E-state index in [4.69, 9.17) is 4.74 Å². The van der Waals surface area contributed by atoms with Gasteiger partial charge in [0.15, 0.2) is 5.96 Å². The van der Waals surface area contributed by atoms with Crippen molar-refractivity contribution in [1.82, 2.24) is 25.5 Å². The van der Waals surface area contributed by atoms with Gasteiger partial charge in [0.25, 0.3) is 0 Å². The van der Waals surface area contributed by atoms with E-state index in [0.29, 0.717) is 12.5 Å². The first-order chi connectivity index (χ1) is 14.2. The fourth-order valence-corrected chi connectivity index (χ4v) is 3.12. The smallest absolute Gasteiger partial charge is 0.225 e. The van der Waals surface area contributed by atoms with Crippen molar-refractivity contribution in [1.29, 1.82) is 0 Å². The zero-order chi connectivity index (χ0) is 20.7. The van der Waals surface area contributed by atoms with E-state index in [9.17, 15) is 0 Å². The van der Waals surface area contributed by atoms with Gasteiger partial charge < -0.3 is 20.3 Å². The van der Waals surface area contributed by atoms with Gasteiger partial charge in [-0.15, -0.1) is 0 Å². The molecule has 2 rings (SSSR count). The molecule has 1 aromatic heterocycles. The molecule has 0 saturated carbocycles. The number of nitrogens with one attached hydrogen (secondary N) is 2. The summed E-state index contributed by atoms with van der Waals surface area (Å²) >= 11 is 0. The molecule has 1 aliphatic heterocycles. The van der Waals surface area contributed by atoms with Gasteiger partial charge in [-0.3, -0.25) is 9.89 Å². The third-order valence-corrected chi connectivity index (χ3v) is 4.83. The van der Waals surface area contributed by atoms with Gasteiger partial charge >= 0.3 is 0 Å². The van der Waals surface area contributed by atoms with Crippen molar-refractivity contribution >= 4 is 11.9 Å². The number of piperazine rings is 1. The molecule has 8 heteroatoms. The molecule has 1 saturated heterocycles. The molecule has 2 N–H and O–H groups in total. The summed E-state index contributed by atoms with van der Waals surface area (Å²) in [7, 11) is 0. The van der Waals surface area contributed by atoms with Crippen LogP contribution in [0.25, 0.3) is 0 Å². The molecule has 0 radical (unpaired) electrons. The molecule has 0 spiro atoms. The quantitative estimate of drug-likeness (QED) is 0.311. The summed E-state index contributed by atoms with van der Waals surface area (Å²) in [5, 5.41) is 6.65. The number of hydrogen-bond donors (Lipinski definition) is 2. The van der Waals surface area contributed by atoms with E-state index in [0.717, 1.165) is 83.7 Å². The lowest BCUT2D eigenvalue weighted by Gasteiger charge is -2.34. The Morgan fingerprint density at radius 3 is 2.59 bits per heavy atom. The lowest BCUT2D eigenvalue weighted by molar-refractivity contribution is 0.128. The average Bonchev–Trinajstić information content (AvgIpc) is 2.74. The van der Waals surface area contributed by atoms with Gasteiger partial charge in [-0.1, -0.05) is 13.8 Å². The molecule has 0 aliphatic carbocycles. The molecule has 0 amide bonds. The van der Waals surface area contributed by atoms with Gasteiger partial charge in [0.1, 0.15) is 0 Å². The second-order valence-corrected chi connectivity index (χ2v) is 7.71. The first-order valence-electron chi connectivity index (χ1n) is 11.0. The molecule has 0 unspecified atom stereocenters. The van der Waals surface area contributed by atoms with Crippen LogP contribution in [0.2, 0.25) is 0 Å². The van der Waals surface area contributed by atoms with Crippen LogP contribution >= 0.6 is 0 Å². The normalized spacial score (nSPS) is 15.7. The summed E-state index contributed by atoms with van der Waals surface area (Å²) in [6, 6.07) is 1.86. The first-order valence-corrected chi connectivity index (χ1v) is 11.0. The molecule has 1 aromatic rings. The van der Waals surface area contributed by atoms with Gasteiger partial charge in [0.2, 0.25) is 5.95 Å². The maximum absolute atomic E-state index is 5.65. The molecule has 1 aliphatic rings. The van der Waals surface area contributed by atoms with E-state index in [1.54, 1.807) is 12.4 Å². The van der Waals surface area contributed by atoms with E-state index in [-0.39, 0.29) is 0 Å². The predicted molar refractivity (Wildman–Crippen MR) is 120 cm³/mol. The Hall–Kier alpha value is -1.93. The van der Waals surface area contributed by atoms with Gasteiger partial charge in [0.05, 0.1) is 6.61 Å². The number of ether oxygens (including phenoxy) is 1. The molecule has 0 atom stereocenters. The Balaban J connectivity index is 1.58. The predicted octanol–water partition coefficient (Wildman–Crippen LogP) is 1.61. The number of hydrogen-bond acceptors (Lipinski definition) is 6. The van der Waals surface area contributed by atoms with Crippen molar-refractivity contribution in [2.24, 2.45) is 10.9 Å². The van der Waals surface area contributed by atoms with Crippen LogP contribution in [0.15, 0.2) is 23.5 Å². The number of nitrogens with zero attached hydrogens (tertiary/aromatic N) is 5. The fourth-order valence-electron chi connectivity index (χ4n) is 3.12. The van der Waals surface area contributed by atoms with Crippen LogP contribution < -0.4 is 15.5 Å². The zero-order valence-electron chi connectivity index (χ0n) is 18.4. The highest BCUT2D eigenvalue weighted by molar-refractivity contribution is 5.79. The van der Waals surface area contributed by atoms with Crippen LogP contribution in [0.1, 0.15) is 33.6 Å². The van der Waals surface area contributed by atoms with Crippen molar-refractivity contribution in [3.8, 4) is 0 Å². The topological polar surface area (TPSA) is 77.9 Å². The van der Waals surface area contributed by atoms with Crippen LogP contribution in [-0.2, 0) is 4.74 Å². The Kier molecular flexibility index (Phi) is 11.4. The Bertz CT molecular complexity index is 559. The van der Waals surface area contributed by atoms with E-state index in [1.165, 1.54) is 0 Å². The van der Waals surface area contributed by atoms with E-state index < -0.39 is 0 Å². The van der Waals surface area contributed by atoms with Crippen molar-refractivity contribution in [2.75, 3.05) is 70.5 Å². The second kappa shape index (κ2) is 14.1. The van der Waals surface area contributed by atoms with Crippen LogP contribution in [0.4, 0.5) is 5.95 Å². The average molecular weight is 406 g/mol. The lowest BCUT2D eigenvalue weighted by atomic mass is 10.1. The molecule has 2 heterocycles. The minimum Gasteiger partial charge on any atom is -0.380 e. The second-order valence-electron chi connectivity index (χ2n) is 7.71. The summed E-state index contributed by atoms with van der Waals surface area (Å²) in [5.74, 6) is 2.41. The molecule has 164 valence electrons. The maximum Gasteiger partial charge on any atom is 0.225 e. The molecule has 0 aromatic carbocycles. The third-order valence-electron chi connectivity index (χ3n) is 4.83. The number of guanidine groups is 1. The highest BCUT2D eigenvalue weighted by Gasteiger charge is 2.18. The maximum atomic E-state index is 5.65. The molecule has 1 fully saturated rings. The molecule has 0 bridgehead atoms. The first kappa shape index (κ1) is 23.3. The number of rotatable bonds is 12. The van der Waals surface area contributed by atoms with Crippen LogP contribution in [0, 0.1) is 5.92 Å². The minimum absolute atomic E-state index is 0.691. The van der Waals surface area contributed by atoms with Crippen molar-refractivity contribution in [3.05, 3.63) is 18.5 Å². The molecule has 8 nitrogen and oxygen atoms in total. The standard InChI is InChI=1S/C21H39N7O/c1-4-22-20(24-11-18-29-17-7-19(2)3)23-10-6-12-27-13-15-28(16-14-27)21-25-8-5-9-26-21/h5,8-9,19H,4,6-7,10-18H2,1-3H3,(H2,22,23,24). The Labute approximate surface area is 176 Å². The summed E-state index contributed by atoms with van der Waals surface area (Å²) in [4.78, 5) is 18.1. The van der Waals surface area contributed by atoms with Crippen molar-refractivity contribution in [2.45, 2.75) is 33.6 Å². The Morgan fingerprint density at radius 2 is 1.90 bits per heavy atom. The van der Waals surface area contributed by atoms with Crippen LogP contribution in [0.5, 0.6) is 0 Å². The molecule has 29 heavy (non-hydrogen) atoms.